The van der Waals surface area contributed by atoms with Crippen molar-refractivity contribution in [3.63, 3.8) is 0 Å². The van der Waals surface area contributed by atoms with Gasteiger partial charge < -0.3 is 10.5 Å². The summed E-state index contributed by atoms with van der Waals surface area (Å²) < 4.78 is 32.3. The second-order valence-electron chi connectivity index (χ2n) is 6.21. The molecule has 28 heavy (non-hydrogen) atoms. The number of methoxy groups -OCH3 is 1. The van der Waals surface area contributed by atoms with Crippen LogP contribution in [0.1, 0.15) is 23.2 Å². The highest BCUT2D eigenvalue weighted by Gasteiger charge is 2.36. The van der Waals surface area contributed by atoms with Gasteiger partial charge in [-0.3, -0.25) is 0 Å². The number of rotatable bonds is 7. The monoisotopic (exact) mass is 416 g/mol. The normalized spacial score (nSPS) is 13.9. The fourth-order valence-electron chi connectivity index (χ4n) is 2.96. The molecular weight excluding hydrogens is 396 g/mol. The second-order valence-corrected chi connectivity index (χ2v) is 8.59. The first kappa shape index (κ1) is 20.4. The van der Waals surface area contributed by atoms with E-state index in [2.05, 4.69) is 0 Å². The van der Waals surface area contributed by atoms with Crippen molar-refractivity contribution in [3.8, 4) is 5.75 Å². The fourth-order valence-corrected chi connectivity index (χ4v) is 4.66. The Bertz CT molecular complexity index is 997. The summed E-state index contributed by atoms with van der Waals surface area (Å²) in [4.78, 5) is 0.0597. The third-order valence-corrected chi connectivity index (χ3v) is 6.78. The predicted octanol–water partition coefficient (Wildman–Crippen LogP) is 4.28. The van der Waals surface area contributed by atoms with Crippen molar-refractivity contribution in [1.29, 1.82) is 0 Å². The van der Waals surface area contributed by atoms with Crippen LogP contribution in [0.2, 0.25) is 0 Å². The van der Waals surface area contributed by atoms with Crippen LogP contribution in [0.15, 0.2) is 89.8 Å². The highest BCUT2D eigenvalue weighted by molar-refractivity contribution is 7.90. The van der Waals surface area contributed by atoms with Gasteiger partial charge in [0, 0.05) is 0 Å². The van der Waals surface area contributed by atoms with Crippen LogP contribution >= 0.6 is 11.8 Å². The van der Waals surface area contributed by atoms with Crippen LogP contribution in [-0.2, 0) is 10.0 Å². The molecule has 0 aliphatic heterocycles. The van der Waals surface area contributed by atoms with E-state index >= 15 is 0 Å². The number of halogens is 1. The zero-order valence-electron chi connectivity index (χ0n) is 15.3. The fraction of sp³-hybridized carbons (Fsp3) is 0.143. The van der Waals surface area contributed by atoms with E-state index in [0.717, 1.165) is 9.39 Å². The summed E-state index contributed by atoms with van der Waals surface area (Å²) in [6, 6.07) is 23.0. The van der Waals surface area contributed by atoms with E-state index in [1.807, 2.05) is 60.7 Å². The topological polar surface area (TPSA) is 72.6 Å². The van der Waals surface area contributed by atoms with E-state index in [1.165, 1.54) is 19.2 Å². The van der Waals surface area contributed by atoms with Crippen molar-refractivity contribution in [3.05, 3.63) is 96.1 Å². The summed E-state index contributed by atoms with van der Waals surface area (Å²) in [5.74, 6) is 0.556. The summed E-state index contributed by atoms with van der Waals surface area (Å²) in [6.07, 6.45) is 0. The minimum atomic E-state index is -4.00. The molecule has 3 aromatic carbocycles. The van der Waals surface area contributed by atoms with Crippen molar-refractivity contribution >= 4 is 21.8 Å². The number of hydrogen-bond acceptors (Lipinski definition) is 4. The maximum absolute atomic E-state index is 13.2. The van der Waals surface area contributed by atoms with Crippen LogP contribution in [0.5, 0.6) is 5.75 Å². The molecule has 0 aromatic heterocycles. The number of nitrogens with two attached hydrogens (primary N) is 1. The molecule has 146 valence electrons. The van der Waals surface area contributed by atoms with Gasteiger partial charge in [0.25, 0.3) is 10.0 Å². The highest BCUT2D eigenvalue weighted by Crippen LogP contribution is 2.37. The van der Waals surface area contributed by atoms with E-state index in [9.17, 15) is 8.42 Å². The first-order valence-corrected chi connectivity index (χ1v) is 10.4. The molecule has 0 bridgehead atoms. The lowest BCUT2D eigenvalue weighted by Gasteiger charge is -2.30. The molecular formula is C21H21ClN2O3S. The molecule has 5 nitrogen and oxygen atoms in total. The Hall–Kier alpha value is -2.38. The summed E-state index contributed by atoms with van der Waals surface area (Å²) >= 11 is 6.46. The van der Waals surface area contributed by atoms with Crippen LogP contribution in [0.25, 0.3) is 0 Å². The standard InChI is InChI=1S/C21H21ClN2O3S/c1-27-18-12-14-19(15-13-18)28(25,26)24(22)21(17-10-6-3-7-11-17)20(23)16-8-4-2-5-9-16/h2-15,20-21H,23H2,1H3. The molecule has 2 unspecified atom stereocenters. The molecule has 0 aliphatic carbocycles. The van der Waals surface area contributed by atoms with Crippen molar-refractivity contribution in [1.82, 2.24) is 3.82 Å². The Morgan fingerprint density at radius 1 is 0.857 bits per heavy atom. The van der Waals surface area contributed by atoms with E-state index in [1.54, 1.807) is 12.1 Å². The van der Waals surface area contributed by atoms with Gasteiger partial charge in [0.05, 0.1) is 24.1 Å². The molecule has 0 amide bonds. The van der Waals surface area contributed by atoms with E-state index in [0.29, 0.717) is 11.3 Å². The van der Waals surface area contributed by atoms with Crippen molar-refractivity contribution in [2.24, 2.45) is 5.73 Å². The molecule has 0 aliphatic rings. The number of nitrogens with zero attached hydrogens (tertiary/aromatic N) is 1. The Labute approximate surface area is 170 Å². The molecule has 0 heterocycles. The number of sulfonamides is 1. The third kappa shape index (κ3) is 4.20. The molecule has 0 saturated carbocycles. The lowest BCUT2D eigenvalue weighted by atomic mass is 9.95. The predicted molar refractivity (Wildman–Crippen MR) is 110 cm³/mol. The molecule has 2 N–H and O–H groups in total. The maximum atomic E-state index is 13.2. The van der Waals surface area contributed by atoms with Gasteiger partial charge >= 0.3 is 0 Å². The lowest BCUT2D eigenvalue weighted by Crippen LogP contribution is -2.34. The van der Waals surface area contributed by atoms with Gasteiger partial charge in [-0.05, 0) is 47.2 Å². The summed E-state index contributed by atoms with van der Waals surface area (Å²) in [5, 5.41) is 0. The number of benzene rings is 3. The van der Waals surface area contributed by atoms with Crippen LogP contribution in [0, 0.1) is 0 Å². The molecule has 0 radical (unpaired) electrons. The van der Waals surface area contributed by atoms with E-state index in [4.69, 9.17) is 22.2 Å². The van der Waals surface area contributed by atoms with Crippen molar-refractivity contribution < 1.29 is 13.2 Å². The Morgan fingerprint density at radius 2 is 1.36 bits per heavy atom. The quantitative estimate of drug-likeness (QED) is 0.583. The average Bonchev–Trinajstić information content (AvgIpc) is 2.75. The largest absolute Gasteiger partial charge is 0.497 e. The minimum absolute atomic E-state index is 0.0597. The molecule has 0 fully saturated rings. The molecule has 3 rings (SSSR count). The first-order chi connectivity index (χ1) is 13.4. The van der Waals surface area contributed by atoms with Gasteiger partial charge in [-0.1, -0.05) is 60.7 Å². The lowest BCUT2D eigenvalue weighted by molar-refractivity contribution is 0.400. The van der Waals surface area contributed by atoms with E-state index < -0.39 is 22.1 Å². The van der Waals surface area contributed by atoms with Gasteiger partial charge in [0.1, 0.15) is 5.75 Å². The summed E-state index contributed by atoms with van der Waals surface area (Å²) in [6.45, 7) is 0. The first-order valence-electron chi connectivity index (χ1n) is 8.65. The highest BCUT2D eigenvalue weighted by atomic mass is 35.5. The zero-order valence-corrected chi connectivity index (χ0v) is 16.8. The van der Waals surface area contributed by atoms with Crippen LogP contribution in [0.4, 0.5) is 0 Å². The Kier molecular flexibility index (Phi) is 6.36. The molecule has 7 heteroatoms. The maximum Gasteiger partial charge on any atom is 0.257 e. The Morgan fingerprint density at radius 3 is 1.86 bits per heavy atom. The van der Waals surface area contributed by atoms with E-state index in [-0.39, 0.29) is 4.90 Å². The molecule has 0 saturated heterocycles. The number of ether oxygens (including phenoxy) is 1. The van der Waals surface area contributed by atoms with Gasteiger partial charge in [0.15, 0.2) is 0 Å². The van der Waals surface area contributed by atoms with Crippen molar-refractivity contribution in [2.45, 2.75) is 17.0 Å². The van der Waals surface area contributed by atoms with Gasteiger partial charge in [-0.15, -0.1) is 3.82 Å². The van der Waals surface area contributed by atoms with Gasteiger partial charge in [-0.2, -0.15) is 0 Å². The smallest absolute Gasteiger partial charge is 0.257 e. The van der Waals surface area contributed by atoms with Crippen LogP contribution in [-0.4, -0.2) is 19.4 Å². The molecule has 0 spiro atoms. The molecule has 2 atom stereocenters. The van der Waals surface area contributed by atoms with Gasteiger partial charge in [-0.25, -0.2) is 8.42 Å². The third-order valence-electron chi connectivity index (χ3n) is 4.47. The minimum Gasteiger partial charge on any atom is -0.497 e. The van der Waals surface area contributed by atoms with Crippen LogP contribution < -0.4 is 10.5 Å². The zero-order chi connectivity index (χ0) is 20.1. The Balaban J connectivity index is 2.03. The van der Waals surface area contributed by atoms with Crippen LogP contribution in [0.3, 0.4) is 0 Å². The second kappa shape index (κ2) is 8.75. The summed E-state index contributed by atoms with van der Waals surface area (Å²) in [7, 11) is -2.49. The SMILES string of the molecule is COc1ccc(S(=O)(=O)N(Cl)C(c2ccccc2)C(N)c2ccccc2)cc1. The van der Waals surface area contributed by atoms with Gasteiger partial charge in [0.2, 0.25) is 0 Å². The summed E-state index contributed by atoms with van der Waals surface area (Å²) in [5.41, 5.74) is 7.97. The molecule has 3 aromatic rings. The average molecular weight is 417 g/mol. The number of hydrogen-bond donors (Lipinski definition) is 1. The van der Waals surface area contributed by atoms with Crippen molar-refractivity contribution in [2.75, 3.05) is 7.11 Å².